The Balaban J connectivity index is 2.91. The minimum atomic E-state index is -1.15. The fourth-order valence-electron chi connectivity index (χ4n) is 1.52. The Morgan fingerprint density at radius 2 is 1.94 bits per heavy atom. The quantitative estimate of drug-likeness (QED) is 0.443. The molecule has 0 radical (unpaired) electrons. The summed E-state index contributed by atoms with van der Waals surface area (Å²) in [5.41, 5.74) is 7.12. The van der Waals surface area contributed by atoms with Crippen molar-refractivity contribution in [2.45, 2.75) is 38.5 Å². The van der Waals surface area contributed by atoms with Crippen molar-refractivity contribution in [2.24, 2.45) is 5.73 Å². The summed E-state index contributed by atoms with van der Waals surface area (Å²) in [5.74, 6) is 0.0285. The number of hydrogen-bond donors (Lipinski definition) is 3. The second-order valence-electron chi connectivity index (χ2n) is 5.22. The summed E-state index contributed by atoms with van der Waals surface area (Å²) in [4.78, 5) is 0. The monoisotopic (exact) mass is 267 g/mol. The Morgan fingerprint density at radius 1 is 1.39 bits per heavy atom. The van der Waals surface area contributed by atoms with Crippen molar-refractivity contribution in [1.29, 1.82) is 5.41 Å². The maximum absolute atomic E-state index is 12.0. The average Bonchev–Trinajstić information content (AvgIpc) is 2.27. The van der Waals surface area contributed by atoms with E-state index < -0.39 is 11.4 Å². The predicted molar refractivity (Wildman–Crippen MR) is 76.9 cm³/mol. The van der Waals surface area contributed by atoms with Gasteiger partial charge in [0, 0.05) is 16.9 Å². The summed E-state index contributed by atoms with van der Waals surface area (Å²) in [6, 6.07) is 7.31. The molecule has 0 aliphatic rings. The highest BCUT2D eigenvalue weighted by molar-refractivity contribution is 7.90. The molecule has 4 N–H and O–H groups in total. The van der Waals surface area contributed by atoms with Crippen LogP contribution in [0.4, 0.5) is 0 Å². The number of benzene rings is 1. The van der Waals surface area contributed by atoms with Crippen LogP contribution < -0.4 is 10.5 Å². The summed E-state index contributed by atoms with van der Waals surface area (Å²) < 4.78 is 14.8. The Kier molecular flexibility index (Phi) is 4.78. The minimum absolute atomic E-state index is 0.0285. The van der Waals surface area contributed by atoms with E-state index in [1.807, 2.05) is 45.9 Å². The van der Waals surface area contributed by atoms with Gasteiger partial charge in [0.1, 0.15) is 10.6 Å². The van der Waals surface area contributed by atoms with Crippen LogP contribution in [0, 0.1) is 5.41 Å². The second-order valence-corrected chi connectivity index (χ2v) is 7.22. The van der Waals surface area contributed by atoms with Gasteiger partial charge in [-0.2, -0.15) is 0 Å². The highest BCUT2D eigenvalue weighted by Crippen LogP contribution is 2.22. The number of hydrogen-bond acceptors (Lipinski definition) is 3. The third-order valence-corrected chi connectivity index (χ3v) is 4.24. The molecule has 0 saturated carbocycles. The highest BCUT2D eigenvalue weighted by Gasteiger charge is 2.28. The van der Waals surface area contributed by atoms with E-state index in [4.69, 9.17) is 11.1 Å². The van der Waals surface area contributed by atoms with Gasteiger partial charge in [-0.05, 0) is 33.3 Å². The SMILES string of the molecule is CC(N[S+]([O-])C(C)(C)C)c1ccccc1C(=N)N. The topological polar surface area (TPSA) is 85.0 Å². The number of amidine groups is 1. The summed E-state index contributed by atoms with van der Waals surface area (Å²) >= 11 is -1.15. The van der Waals surface area contributed by atoms with Crippen molar-refractivity contribution < 1.29 is 4.55 Å². The smallest absolute Gasteiger partial charge is 0.136 e. The van der Waals surface area contributed by atoms with Crippen molar-refractivity contribution in [2.75, 3.05) is 0 Å². The predicted octanol–water partition coefficient (Wildman–Crippen LogP) is 2.08. The van der Waals surface area contributed by atoms with Gasteiger partial charge in [-0.1, -0.05) is 24.3 Å². The molecular weight excluding hydrogens is 246 g/mol. The van der Waals surface area contributed by atoms with Gasteiger partial charge in [0.15, 0.2) is 0 Å². The van der Waals surface area contributed by atoms with Gasteiger partial charge >= 0.3 is 0 Å². The van der Waals surface area contributed by atoms with Crippen LogP contribution in [0.25, 0.3) is 0 Å². The van der Waals surface area contributed by atoms with Gasteiger partial charge in [-0.15, -0.1) is 4.72 Å². The number of nitrogens with one attached hydrogen (secondary N) is 2. The molecule has 0 spiro atoms. The zero-order valence-corrected chi connectivity index (χ0v) is 12.1. The van der Waals surface area contributed by atoms with E-state index in [0.29, 0.717) is 5.56 Å². The van der Waals surface area contributed by atoms with E-state index >= 15 is 0 Å². The maximum Gasteiger partial charge on any atom is 0.136 e. The first-order valence-corrected chi connectivity index (χ1v) is 7.00. The third-order valence-electron chi connectivity index (χ3n) is 2.56. The molecule has 0 fully saturated rings. The van der Waals surface area contributed by atoms with E-state index in [2.05, 4.69) is 4.72 Å². The fourth-order valence-corrected chi connectivity index (χ4v) is 2.32. The van der Waals surface area contributed by atoms with Crippen LogP contribution in [-0.2, 0) is 11.4 Å². The van der Waals surface area contributed by atoms with E-state index in [0.717, 1.165) is 5.56 Å². The van der Waals surface area contributed by atoms with Crippen molar-refractivity contribution in [3.63, 3.8) is 0 Å². The normalized spacial score (nSPS) is 15.2. The molecule has 2 unspecified atom stereocenters. The lowest BCUT2D eigenvalue weighted by atomic mass is 10.0. The molecule has 0 bridgehead atoms. The van der Waals surface area contributed by atoms with Crippen LogP contribution in [0.1, 0.15) is 44.9 Å². The lowest BCUT2D eigenvalue weighted by molar-refractivity contribution is 0.531. The largest absolute Gasteiger partial charge is 0.598 e. The molecule has 4 nitrogen and oxygen atoms in total. The van der Waals surface area contributed by atoms with Crippen molar-refractivity contribution in [1.82, 2.24) is 4.72 Å². The van der Waals surface area contributed by atoms with Gasteiger partial charge in [-0.3, -0.25) is 5.41 Å². The first kappa shape index (κ1) is 15.0. The molecule has 2 atom stereocenters. The van der Waals surface area contributed by atoms with Gasteiger partial charge in [-0.25, -0.2) is 0 Å². The molecule has 0 heterocycles. The summed E-state index contributed by atoms with van der Waals surface area (Å²) in [5, 5.41) is 7.55. The van der Waals surface area contributed by atoms with Crippen molar-refractivity contribution in [3.8, 4) is 0 Å². The zero-order chi connectivity index (χ0) is 13.9. The van der Waals surface area contributed by atoms with E-state index in [-0.39, 0.29) is 16.6 Å². The average molecular weight is 267 g/mol. The van der Waals surface area contributed by atoms with E-state index in [1.165, 1.54) is 0 Å². The van der Waals surface area contributed by atoms with Crippen LogP contribution in [0.3, 0.4) is 0 Å². The Hall–Kier alpha value is -1.04. The first-order chi connectivity index (χ1) is 8.23. The van der Waals surface area contributed by atoms with Crippen molar-refractivity contribution >= 4 is 17.2 Å². The van der Waals surface area contributed by atoms with Crippen LogP contribution in [0.15, 0.2) is 24.3 Å². The standard InChI is InChI=1S/C13H21N3OS/c1-9(16-18(17)13(2,3)4)10-7-5-6-8-11(10)12(14)15/h5-9,16H,1-4H3,(H3,14,15). The van der Waals surface area contributed by atoms with Gasteiger partial charge in [0.05, 0.1) is 6.04 Å². The van der Waals surface area contributed by atoms with E-state index in [9.17, 15) is 4.55 Å². The lowest BCUT2D eigenvalue weighted by Crippen LogP contribution is -2.40. The number of nitrogens with two attached hydrogens (primary N) is 1. The molecule has 0 amide bonds. The minimum Gasteiger partial charge on any atom is -0.598 e. The number of nitrogen functional groups attached to an aromatic ring is 1. The molecule has 0 aliphatic carbocycles. The summed E-state index contributed by atoms with van der Waals surface area (Å²) in [6.07, 6.45) is 0. The molecule has 0 aliphatic heterocycles. The molecule has 1 rings (SSSR count). The Morgan fingerprint density at radius 3 is 2.44 bits per heavy atom. The Labute approximate surface area is 112 Å². The summed E-state index contributed by atoms with van der Waals surface area (Å²) in [6.45, 7) is 7.67. The van der Waals surface area contributed by atoms with Crippen LogP contribution in [0.5, 0.6) is 0 Å². The first-order valence-electron chi connectivity index (χ1n) is 5.85. The summed E-state index contributed by atoms with van der Waals surface area (Å²) in [7, 11) is 0. The molecule has 5 heteroatoms. The molecular formula is C13H21N3OS. The van der Waals surface area contributed by atoms with E-state index in [1.54, 1.807) is 6.07 Å². The highest BCUT2D eigenvalue weighted by atomic mass is 32.2. The molecule has 0 saturated heterocycles. The van der Waals surface area contributed by atoms with Crippen LogP contribution in [0.2, 0.25) is 0 Å². The number of rotatable bonds is 4. The van der Waals surface area contributed by atoms with Crippen LogP contribution >= 0.6 is 0 Å². The van der Waals surface area contributed by atoms with Crippen LogP contribution in [-0.4, -0.2) is 15.1 Å². The van der Waals surface area contributed by atoms with Crippen molar-refractivity contribution in [3.05, 3.63) is 35.4 Å². The molecule has 1 aromatic rings. The fraction of sp³-hybridized carbons (Fsp3) is 0.462. The molecule has 100 valence electrons. The van der Waals surface area contributed by atoms with Gasteiger partial charge in [0.2, 0.25) is 0 Å². The molecule has 0 aromatic heterocycles. The maximum atomic E-state index is 12.0. The second kappa shape index (κ2) is 5.73. The van der Waals surface area contributed by atoms with Gasteiger partial charge < -0.3 is 10.3 Å². The third kappa shape index (κ3) is 3.73. The lowest BCUT2D eigenvalue weighted by Gasteiger charge is -2.27. The molecule has 18 heavy (non-hydrogen) atoms. The zero-order valence-electron chi connectivity index (χ0n) is 11.3. The van der Waals surface area contributed by atoms with Gasteiger partial charge in [0.25, 0.3) is 0 Å². The Bertz CT molecular complexity index is 428. The molecule has 1 aromatic carbocycles.